The molecule has 1 atom stereocenters. The normalized spacial score (nSPS) is 13.7. The van der Waals surface area contributed by atoms with E-state index in [1.54, 1.807) is 14.2 Å². The van der Waals surface area contributed by atoms with E-state index in [9.17, 15) is 9.90 Å². The highest BCUT2D eigenvalue weighted by Gasteiger charge is 2.32. The van der Waals surface area contributed by atoms with E-state index in [0.717, 1.165) is 5.56 Å². The Morgan fingerprint density at radius 2 is 1.80 bits per heavy atom. The minimum absolute atomic E-state index is 0.204. The number of methoxy groups -OCH3 is 2. The van der Waals surface area contributed by atoms with E-state index in [4.69, 9.17) is 14.6 Å². The summed E-state index contributed by atoms with van der Waals surface area (Å²) in [7, 11) is 3.08. The predicted molar refractivity (Wildman–Crippen MR) is 74.2 cm³/mol. The topological polar surface area (TPSA) is 88.0 Å². The molecule has 3 N–H and O–H groups in total. The minimum Gasteiger partial charge on any atom is -0.496 e. The summed E-state index contributed by atoms with van der Waals surface area (Å²) in [6, 6.07) is 3.69. The lowest BCUT2D eigenvalue weighted by Crippen LogP contribution is -2.52. The Labute approximate surface area is 118 Å². The SMILES string of the molecule is COc1cc(C)cc(OC)c1CN[C@@](C)(CO)C(=O)O. The Morgan fingerprint density at radius 1 is 1.30 bits per heavy atom. The van der Waals surface area contributed by atoms with Crippen LogP contribution >= 0.6 is 0 Å². The van der Waals surface area contributed by atoms with Crippen molar-refractivity contribution < 1.29 is 24.5 Å². The molecule has 6 nitrogen and oxygen atoms in total. The average molecular weight is 283 g/mol. The van der Waals surface area contributed by atoms with Crippen LogP contribution in [0, 0.1) is 6.92 Å². The van der Waals surface area contributed by atoms with Gasteiger partial charge in [0.05, 0.1) is 20.8 Å². The van der Waals surface area contributed by atoms with Crippen LogP contribution in [0.4, 0.5) is 0 Å². The zero-order valence-electron chi connectivity index (χ0n) is 12.2. The van der Waals surface area contributed by atoms with E-state index in [2.05, 4.69) is 5.32 Å². The highest BCUT2D eigenvalue weighted by atomic mass is 16.5. The highest BCUT2D eigenvalue weighted by Crippen LogP contribution is 2.30. The first kappa shape index (κ1) is 16.3. The number of aliphatic hydroxyl groups excluding tert-OH is 1. The van der Waals surface area contributed by atoms with Gasteiger partial charge in [-0.2, -0.15) is 0 Å². The van der Waals surface area contributed by atoms with Gasteiger partial charge in [-0.1, -0.05) is 0 Å². The lowest BCUT2D eigenvalue weighted by Gasteiger charge is -2.25. The van der Waals surface area contributed by atoms with Crippen LogP contribution in [-0.4, -0.2) is 42.5 Å². The summed E-state index contributed by atoms with van der Waals surface area (Å²) in [6.45, 7) is 3.02. The molecule has 0 amide bonds. The first-order valence-corrected chi connectivity index (χ1v) is 6.18. The first-order valence-electron chi connectivity index (χ1n) is 6.18. The summed E-state index contributed by atoms with van der Waals surface area (Å²) >= 11 is 0. The smallest absolute Gasteiger partial charge is 0.326 e. The van der Waals surface area contributed by atoms with Gasteiger partial charge in [0, 0.05) is 12.1 Å². The van der Waals surface area contributed by atoms with E-state index in [1.807, 2.05) is 19.1 Å². The molecule has 0 unspecified atom stereocenters. The van der Waals surface area contributed by atoms with Crippen molar-refractivity contribution in [1.82, 2.24) is 5.32 Å². The maximum Gasteiger partial charge on any atom is 0.326 e. The molecule has 1 aromatic carbocycles. The standard InChI is InChI=1S/C14H21NO5/c1-9-5-11(19-3)10(12(6-9)20-4)7-15-14(2,8-16)13(17)18/h5-6,15-16H,7-8H2,1-4H3,(H,17,18)/t14-/m0/s1. The summed E-state index contributed by atoms with van der Waals surface area (Å²) in [5.41, 5.74) is 0.271. The molecule has 0 aliphatic heterocycles. The van der Waals surface area contributed by atoms with Crippen LogP contribution in [0.3, 0.4) is 0 Å². The zero-order chi connectivity index (χ0) is 15.3. The molecule has 0 saturated heterocycles. The number of nitrogens with one attached hydrogen (secondary N) is 1. The van der Waals surface area contributed by atoms with Crippen molar-refractivity contribution in [3.63, 3.8) is 0 Å². The second kappa shape index (κ2) is 6.58. The first-order chi connectivity index (χ1) is 9.37. The van der Waals surface area contributed by atoms with Crippen LogP contribution < -0.4 is 14.8 Å². The lowest BCUT2D eigenvalue weighted by molar-refractivity contribution is -0.145. The van der Waals surface area contributed by atoms with Crippen LogP contribution in [-0.2, 0) is 11.3 Å². The molecule has 1 rings (SSSR count). The van der Waals surface area contributed by atoms with Crippen LogP contribution in [0.5, 0.6) is 11.5 Å². The fourth-order valence-corrected chi connectivity index (χ4v) is 1.77. The molecule has 0 aromatic heterocycles. The number of rotatable bonds is 7. The van der Waals surface area contributed by atoms with Crippen molar-refractivity contribution in [2.24, 2.45) is 0 Å². The van der Waals surface area contributed by atoms with E-state index < -0.39 is 18.1 Å². The van der Waals surface area contributed by atoms with Crippen LogP contribution in [0.15, 0.2) is 12.1 Å². The van der Waals surface area contributed by atoms with Gasteiger partial charge >= 0.3 is 5.97 Å². The van der Waals surface area contributed by atoms with Gasteiger partial charge < -0.3 is 19.7 Å². The predicted octanol–water partition coefficient (Wildman–Crippen LogP) is 0.937. The quantitative estimate of drug-likeness (QED) is 0.690. The van der Waals surface area contributed by atoms with Gasteiger partial charge in [-0.05, 0) is 31.5 Å². The maximum atomic E-state index is 11.2. The van der Waals surface area contributed by atoms with Crippen LogP contribution in [0.1, 0.15) is 18.1 Å². The Balaban J connectivity index is 3.05. The van der Waals surface area contributed by atoms with Crippen molar-refractivity contribution in [2.45, 2.75) is 25.9 Å². The Morgan fingerprint density at radius 3 is 2.15 bits per heavy atom. The van der Waals surface area contributed by atoms with E-state index in [1.165, 1.54) is 6.92 Å². The maximum absolute atomic E-state index is 11.2. The van der Waals surface area contributed by atoms with Crippen LogP contribution in [0.25, 0.3) is 0 Å². The van der Waals surface area contributed by atoms with Crippen molar-refractivity contribution in [1.29, 1.82) is 0 Å². The highest BCUT2D eigenvalue weighted by molar-refractivity contribution is 5.78. The van der Waals surface area contributed by atoms with Gasteiger partial charge in [0.2, 0.25) is 0 Å². The molecular formula is C14H21NO5. The molecule has 0 heterocycles. The van der Waals surface area contributed by atoms with Gasteiger partial charge in [-0.3, -0.25) is 10.1 Å². The Kier molecular flexibility index (Phi) is 5.35. The minimum atomic E-state index is -1.42. The van der Waals surface area contributed by atoms with Crippen molar-refractivity contribution in [3.8, 4) is 11.5 Å². The Bertz CT molecular complexity index is 463. The van der Waals surface area contributed by atoms with Gasteiger partial charge in [-0.25, -0.2) is 0 Å². The van der Waals surface area contributed by atoms with Gasteiger partial charge in [-0.15, -0.1) is 0 Å². The van der Waals surface area contributed by atoms with Crippen LogP contribution in [0.2, 0.25) is 0 Å². The molecule has 6 heteroatoms. The number of benzene rings is 1. The number of carboxylic acid groups (broad SMARTS) is 1. The number of aliphatic carboxylic acids is 1. The number of carbonyl (C=O) groups is 1. The Hall–Kier alpha value is -1.79. The number of aryl methyl sites for hydroxylation is 1. The molecule has 0 saturated carbocycles. The van der Waals surface area contributed by atoms with Gasteiger partial charge in [0.25, 0.3) is 0 Å². The number of aliphatic hydroxyl groups is 1. The summed E-state index contributed by atoms with van der Waals surface area (Å²) in [5.74, 6) is 0.102. The molecule has 112 valence electrons. The third kappa shape index (κ3) is 3.40. The van der Waals surface area contributed by atoms with Crippen molar-refractivity contribution in [2.75, 3.05) is 20.8 Å². The van der Waals surface area contributed by atoms with Gasteiger partial charge in [0.15, 0.2) is 0 Å². The molecule has 0 aliphatic carbocycles. The fourth-order valence-electron chi connectivity index (χ4n) is 1.77. The number of hydrogen-bond donors (Lipinski definition) is 3. The molecule has 0 bridgehead atoms. The number of carboxylic acids is 1. The van der Waals surface area contributed by atoms with E-state index in [0.29, 0.717) is 17.1 Å². The molecule has 0 fully saturated rings. The monoisotopic (exact) mass is 283 g/mol. The average Bonchev–Trinajstić information content (AvgIpc) is 2.44. The summed E-state index contributed by atoms with van der Waals surface area (Å²) in [6.07, 6.45) is 0. The second-order valence-electron chi connectivity index (χ2n) is 4.80. The summed E-state index contributed by atoms with van der Waals surface area (Å²) < 4.78 is 10.6. The summed E-state index contributed by atoms with van der Waals surface area (Å²) in [4.78, 5) is 11.2. The van der Waals surface area contributed by atoms with Crippen molar-refractivity contribution >= 4 is 5.97 Å². The third-order valence-electron chi connectivity index (χ3n) is 3.20. The largest absolute Gasteiger partial charge is 0.496 e. The molecular weight excluding hydrogens is 262 g/mol. The van der Waals surface area contributed by atoms with E-state index >= 15 is 0 Å². The third-order valence-corrected chi connectivity index (χ3v) is 3.20. The molecule has 0 aliphatic rings. The van der Waals surface area contributed by atoms with Crippen molar-refractivity contribution in [3.05, 3.63) is 23.3 Å². The molecule has 1 aromatic rings. The van der Waals surface area contributed by atoms with E-state index in [-0.39, 0.29) is 6.54 Å². The number of ether oxygens (including phenoxy) is 2. The fraction of sp³-hybridized carbons (Fsp3) is 0.500. The summed E-state index contributed by atoms with van der Waals surface area (Å²) in [5, 5.41) is 21.2. The lowest BCUT2D eigenvalue weighted by atomic mass is 10.0. The second-order valence-corrected chi connectivity index (χ2v) is 4.80. The zero-order valence-corrected chi connectivity index (χ0v) is 12.2. The molecule has 20 heavy (non-hydrogen) atoms. The number of hydrogen-bond acceptors (Lipinski definition) is 5. The van der Waals surface area contributed by atoms with Gasteiger partial charge in [0.1, 0.15) is 17.0 Å². The molecule has 0 spiro atoms. The molecule has 0 radical (unpaired) electrons.